The number of carboxylic acids is 3. The third-order valence-corrected chi connectivity index (χ3v) is 6.59. The molecule has 0 fully saturated rings. The van der Waals surface area contributed by atoms with Crippen LogP contribution in [0.3, 0.4) is 0 Å². The van der Waals surface area contributed by atoms with Crippen molar-refractivity contribution in [3.8, 4) is 0 Å². The predicted octanol–water partition coefficient (Wildman–Crippen LogP) is 3.14. The first-order valence-electron chi connectivity index (χ1n) is 12.2. The summed E-state index contributed by atoms with van der Waals surface area (Å²) >= 11 is 1.57. The zero-order valence-corrected chi connectivity index (χ0v) is 24.0. The topological polar surface area (TPSA) is 120 Å². The van der Waals surface area contributed by atoms with Gasteiger partial charge in [-0.3, -0.25) is 0 Å². The Balaban J connectivity index is 0.000000190. The summed E-state index contributed by atoms with van der Waals surface area (Å²) in [6.07, 6.45) is 6.83. The molecule has 0 saturated heterocycles. The number of aromatic carboxylic acids is 3. The Labute approximate surface area is 248 Å². The molecule has 198 valence electrons. The quantitative estimate of drug-likeness (QED) is 0.343. The van der Waals surface area contributed by atoms with E-state index in [0.29, 0.717) is 0 Å². The molecule has 0 N–H and O–H groups in total. The van der Waals surface area contributed by atoms with Crippen LogP contribution in [0.2, 0.25) is 0 Å². The summed E-state index contributed by atoms with van der Waals surface area (Å²) < 4.78 is 1.61. The molecule has 1 aliphatic rings. The maximum absolute atomic E-state index is 10.1. The van der Waals surface area contributed by atoms with Crippen molar-refractivity contribution in [1.29, 1.82) is 0 Å². The Morgan fingerprint density at radius 2 is 0.875 bits per heavy atom. The monoisotopic (exact) mass is 608 g/mol. The minimum atomic E-state index is -1.13. The molecule has 0 aromatic heterocycles. The van der Waals surface area contributed by atoms with Gasteiger partial charge < -0.3 is 29.7 Å². The molecule has 0 bridgehead atoms. The van der Waals surface area contributed by atoms with E-state index in [9.17, 15) is 29.7 Å². The van der Waals surface area contributed by atoms with Gasteiger partial charge in [0.25, 0.3) is 0 Å². The zero-order valence-electron chi connectivity index (χ0n) is 21.6. The second-order valence-electron chi connectivity index (χ2n) is 8.23. The van der Waals surface area contributed by atoms with Gasteiger partial charge in [-0.15, -0.1) is 0 Å². The van der Waals surface area contributed by atoms with Crippen molar-refractivity contribution >= 4 is 17.9 Å². The third-order valence-electron chi connectivity index (χ3n) is 5.29. The van der Waals surface area contributed by atoms with Gasteiger partial charge >= 0.3 is 94.5 Å². The van der Waals surface area contributed by atoms with Crippen molar-refractivity contribution < 1.29 is 54.4 Å². The van der Waals surface area contributed by atoms with Gasteiger partial charge in [0.2, 0.25) is 0 Å². The Morgan fingerprint density at radius 1 is 0.550 bits per heavy atom. The summed E-state index contributed by atoms with van der Waals surface area (Å²) in [6, 6.07) is 34.9. The minimum absolute atomic E-state index is 0.220. The van der Waals surface area contributed by atoms with Crippen molar-refractivity contribution in [3.63, 3.8) is 0 Å². The summed E-state index contributed by atoms with van der Waals surface area (Å²) in [6.45, 7) is 0. The van der Waals surface area contributed by atoms with Gasteiger partial charge in [-0.05, 0) is 16.7 Å². The Kier molecular flexibility index (Phi) is 14.4. The molecular weight excluding hydrogens is 584 g/mol. The average Bonchev–Trinajstić information content (AvgIpc) is 3.39. The Hall–Kier alpha value is -4.35. The molecule has 0 amide bonds. The molecule has 5 rings (SSSR count). The van der Waals surface area contributed by atoms with E-state index in [2.05, 4.69) is 42.5 Å². The number of carboxylic acid groups (broad SMARTS) is 3. The molecule has 4 aromatic rings. The fourth-order valence-electron chi connectivity index (χ4n) is 3.25. The van der Waals surface area contributed by atoms with Crippen LogP contribution in [0.1, 0.15) is 43.1 Å². The molecule has 0 heterocycles. The Bertz CT molecular complexity index is 1280. The number of hydrogen-bond donors (Lipinski definition) is 0. The second kappa shape index (κ2) is 18.0. The predicted molar refractivity (Wildman–Crippen MR) is 143 cm³/mol. The third kappa shape index (κ3) is 12.5. The van der Waals surface area contributed by atoms with E-state index in [1.807, 2.05) is 0 Å². The van der Waals surface area contributed by atoms with Crippen LogP contribution in [0.25, 0.3) is 0 Å². The molecular formula is C33H26O6Zr. The van der Waals surface area contributed by atoms with Gasteiger partial charge in [0.05, 0.1) is 17.9 Å². The molecule has 0 spiro atoms. The summed E-state index contributed by atoms with van der Waals surface area (Å²) in [5.74, 6) is -3.39. The van der Waals surface area contributed by atoms with Crippen molar-refractivity contribution in [2.75, 3.05) is 0 Å². The number of hydrogen-bond acceptors (Lipinski definition) is 6. The zero-order chi connectivity index (χ0) is 29.2. The van der Waals surface area contributed by atoms with Gasteiger partial charge in [0.1, 0.15) is 0 Å². The van der Waals surface area contributed by atoms with Crippen LogP contribution in [0, 0.1) is 0 Å². The van der Waals surface area contributed by atoms with E-state index in [1.54, 1.807) is 82.6 Å². The molecule has 7 heteroatoms. The molecule has 4 aromatic carbocycles. The van der Waals surface area contributed by atoms with E-state index in [1.165, 1.54) is 54.0 Å². The van der Waals surface area contributed by atoms with Crippen LogP contribution in [0.15, 0.2) is 142 Å². The molecule has 6 nitrogen and oxygen atoms in total. The first-order valence-corrected chi connectivity index (χ1v) is 13.4. The van der Waals surface area contributed by atoms with Crippen LogP contribution >= 0.6 is 0 Å². The summed E-state index contributed by atoms with van der Waals surface area (Å²) in [4.78, 5) is 30.3. The summed E-state index contributed by atoms with van der Waals surface area (Å²) in [5.41, 5.74) is 3.61. The van der Waals surface area contributed by atoms with E-state index >= 15 is 0 Å². The van der Waals surface area contributed by atoms with E-state index in [4.69, 9.17) is 0 Å². The first-order chi connectivity index (χ1) is 19.3. The van der Waals surface area contributed by atoms with Crippen LogP contribution in [-0.2, 0) is 31.1 Å². The van der Waals surface area contributed by atoms with Crippen molar-refractivity contribution in [3.05, 3.63) is 165 Å². The normalized spacial score (nSPS) is 11.1. The molecule has 0 unspecified atom stereocenters. The van der Waals surface area contributed by atoms with Crippen LogP contribution in [0.4, 0.5) is 0 Å². The van der Waals surface area contributed by atoms with E-state index < -0.39 is 17.9 Å². The van der Waals surface area contributed by atoms with Gasteiger partial charge in [0, 0.05) is 0 Å². The number of carbonyl (C=O) groups excluding carboxylic acids is 3. The first kappa shape index (κ1) is 31.9. The van der Waals surface area contributed by atoms with Gasteiger partial charge in [-0.1, -0.05) is 91.0 Å². The van der Waals surface area contributed by atoms with Crippen molar-refractivity contribution in [2.24, 2.45) is 0 Å². The molecule has 0 atom stereocenters. The molecule has 40 heavy (non-hydrogen) atoms. The number of rotatable bonds is 5. The van der Waals surface area contributed by atoms with Crippen molar-refractivity contribution in [1.82, 2.24) is 0 Å². The fourth-order valence-corrected chi connectivity index (χ4v) is 3.97. The average molecular weight is 610 g/mol. The number of benzene rings is 4. The molecule has 0 saturated carbocycles. The number of allylic oxidation sites excluding steroid dienone is 4. The molecule has 0 aliphatic heterocycles. The standard InChI is InChI=1S/C12H11.3C7H6O2.Zr/c1-2-6-11(7-3-1)10-12-8-4-5-9-12;3*8-7(9)6-4-2-1-3-5-6;/h1-4,6-8H,5,10H2;3*1-5H,(H,8,9);/q;;;;+3/p-3. The number of carbonyl (C=O) groups is 3. The van der Waals surface area contributed by atoms with Crippen LogP contribution < -0.4 is 15.3 Å². The van der Waals surface area contributed by atoms with E-state index in [-0.39, 0.29) is 16.7 Å². The summed E-state index contributed by atoms with van der Waals surface area (Å²) in [5, 5.41) is 30.3. The van der Waals surface area contributed by atoms with Crippen molar-refractivity contribution in [2.45, 2.75) is 12.8 Å². The van der Waals surface area contributed by atoms with Gasteiger partial charge in [-0.25, -0.2) is 0 Å². The molecule has 0 radical (unpaired) electrons. The molecule has 1 aliphatic carbocycles. The second-order valence-corrected chi connectivity index (χ2v) is 9.72. The maximum atomic E-state index is 10.1. The van der Waals surface area contributed by atoms with Gasteiger partial charge in [0.15, 0.2) is 0 Å². The Morgan fingerprint density at radius 3 is 1.12 bits per heavy atom. The van der Waals surface area contributed by atoms with Gasteiger partial charge in [-0.2, -0.15) is 0 Å². The fraction of sp³-hybridized carbons (Fsp3) is 0.0606. The van der Waals surface area contributed by atoms with E-state index in [0.717, 1.165) is 6.42 Å². The SMILES string of the molecule is O=C([O-])c1ccccc1.O=C([O-])c1ccccc1.O=C([O-])c1ccccc1.[Zr+3][C]1=C(Cc2ccccc2)C=CC1. The van der Waals surface area contributed by atoms with Crippen LogP contribution in [0.5, 0.6) is 0 Å². The van der Waals surface area contributed by atoms with Crippen LogP contribution in [-0.4, -0.2) is 17.9 Å². The summed E-state index contributed by atoms with van der Waals surface area (Å²) in [7, 11) is 0.